The van der Waals surface area contributed by atoms with E-state index in [-0.39, 0.29) is 17.6 Å². The Kier molecular flexibility index (Phi) is 5.89. The summed E-state index contributed by atoms with van der Waals surface area (Å²) < 4.78 is 6.02. The minimum absolute atomic E-state index is 0.104. The molecular weight excluding hydrogens is 328 g/mol. The summed E-state index contributed by atoms with van der Waals surface area (Å²) in [5, 5.41) is 9.33. The first kappa shape index (κ1) is 18.4. The number of hydrogen-bond donors (Lipinski definition) is 1. The monoisotopic (exact) mass is 354 g/mol. The SMILES string of the molecule is C=C/C(=C\N=CC)OC1C[C@@H]2CN(CC(=O)c3ccc(O)cc3)C[C@@H]2C1. The maximum absolute atomic E-state index is 12.4. The van der Waals surface area contributed by atoms with Crippen molar-refractivity contribution in [3.05, 3.63) is 54.4 Å². The number of phenols is 1. The van der Waals surface area contributed by atoms with Gasteiger partial charge < -0.3 is 9.84 Å². The molecule has 1 aromatic carbocycles. The standard InChI is InChI=1S/C21H26N2O3/c1-3-19(11-22-4-2)26-20-9-16-12-23(13-17(16)10-20)14-21(25)15-5-7-18(24)8-6-15/h3-8,11,16-17,20,24H,1,9-10,12-14H2,2H3/b19-11+,22-4?/t16-,17+,20?. The van der Waals surface area contributed by atoms with Crippen molar-refractivity contribution in [3.8, 4) is 5.75 Å². The average Bonchev–Trinajstić information content (AvgIpc) is 3.16. The number of phenolic OH excluding ortho intramolecular Hbond substituents is 1. The Hall–Kier alpha value is -2.40. The second-order valence-electron chi connectivity index (χ2n) is 7.04. The highest BCUT2D eigenvalue weighted by molar-refractivity contribution is 5.97. The van der Waals surface area contributed by atoms with E-state index in [0.717, 1.165) is 25.9 Å². The number of rotatable bonds is 7. The number of fused-ring (bicyclic) bond motifs is 1. The van der Waals surface area contributed by atoms with Gasteiger partial charge in [0.1, 0.15) is 11.5 Å². The Morgan fingerprint density at radius 2 is 1.96 bits per heavy atom. The lowest BCUT2D eigenvalue weighted by Gasteiger charge is -2.19. The van der Waals surface area contributed by atoms with Crippen LogP contribution in [0.3, 0.4) is 0 Å². The quantitative estimate of drug-likeness (QED) is 0.353. The lowest BCUT2D eigenvalue weighted by Crippen LogP contribution is -2.29. The molecule has 5 nitrogen and oxygen atoms in total. The molecule has 2 fully saturated rings. The molecule has 0 aromatic heterocycles. The molecule has 3 rings (SSSR count). The first-order valence-corrected chi connectivity index (χ1v) is 9.10. The van der Waals surface area contributed by atoms with Gasteiger partial charge in [-0.05, 0) is 61.9 Å². The summed E-state index contributed by atoms with van der Waals surface area (Å²) in [6, 6.07) is 6.48. The van der Waals surface area contributed by atoms with Gasteiger partial charge in [-0.15, -0.1) is 0 Å². The van der Waals surface area contributed by atoms with E-state index < -0.39 is 0 Å². The Balaban J connectivity index is 1.50. The molecule has 26 heavy (non-hydrogen) atoms. The topological polar surface area (TPSA) is 62.1 Å². The van der Waals surface area contributed by atoms with Crippen LogP contribution in [0, 0.1) is 11.8 Å². The zero-order valence-corrected chi connectivity index (χ0v) is 15.2. The maximum atomic E-state index is 12.4. The van der Waals surface area contributed by atoms with Crippen molar-refractivity contribution in [2.24, 2.45) is 16.8 Å². The van der Waals surface area contributed by atoms with Crippen molar-refractivity contribution in [1.82, 2.24) is 4.90 Å². The summed E-state index contributed by atoms with van der Waals surface area (Å²) in [4.78, 5) is 18.7. The molecule has 1 saturated heterocycles. The molecule has 0 spiro atoms. The summed E-state index contributed by atoms with van der Waals surface area (Å²) in [6.45, 7) is 7.96. The van der Waals surface area contributed by atoms with Crippen LogP contribution in [0.25, 0.3) is 0 Å². The fourth-order valence-corrected chi connectivity index (χ4v) is 3.98. The van der Waals surface area contributed by atoms with Crippen LogP contribution in [0.4, 0.5) is 0 Å². The van der Waals surface area contributed by atoms with Crippen molar-refractivity contribution in [1.29, 1.82) is 0 Å². The Bertz CT molecular complexity index is 694. The molecule has 1 aliphatic carbocycles. The molecule has 1 aliphatic heterocycles. The van der Waals surface area contributed by atoms with Crippen molar-refractivity contribution in [2.75, 3.05) is 19.6 Å². The summed E-state index contributed by atoms with van der Waals surface area (Å²) in [7, 11) is 0. The number of aromatic hydroxyl groups is 1. The third-order valence-corrected chi connectivity index (χ3v) is 5.19. The van der Waals surface area contributed by atoms with Crippen LogP contribution in [0.15, 0.2) is 53.9 Å². The molecule has 1 unspecified atom stereocenters. The molecule has 5 heteroatoms. The van der Waals surface area contributed by atoms with Gasteiger partial charge in [-0.3, -0.25) is 14.7 Å². The summed E-state index contributed by atoms with van der Waals surface area (Å²) >= 11 is 0. The van der Waals surface area contributed by atoms with Crippen molar-refractivity contribution in [3.63, 3.8) is 0 Å². The molecule has 2 aliphatic rings. The number of likely N-dealkylation sites (tertiary alicyclic amines) is 1. The van der Waals surface area contributed by atoms with Crippen LogP contribution in [-0.4, -0.2) is 47.7 Å². The van der Waals surface area contributed by atoms with Crippen LogP contribution < -0.4 is 0 Å². The molecule has 1 heterocycles. The molecule has 1 N–H and O–H groups in total. The number of carbonyl (C=O) groups excluding carboxylic acids is 1. The third kappa shape index (κ3) is 4.41. The molecule has 138 valence electrons. The minimum atomic E-state index is 0.104. The number of ether oxygens (including phenoxy) is 1. The zero-order valence-electron chi connectivity index (χ0n) is 15.2. The number of ketones is 1. The molecule has 0 radical (unpaired) electrons. The highest BCUT2D eigenvalue weighted by Crippen LogP contribution is 2.40. The predicted molar refractivity (Wildman–Crippen MR) is 102 cm³/mol. The number of Topliss-reactive ketones (excluding diaryl/α,β-unsaturated/α-hetero) is 1. The largest absolute Gasteiger partial charge is 0.508 e. The summed E-state index contributed by atoms with van der Waals surface area (Å²) in [5.41, 5.74) is 0.651. The first-order chi connectivity index (χ1) is 12.6. The highest BCUT2D eigenvalue weighted by atomic mass is 16.5. The van der Waals surface area contributed by atoms with E-state index in [9.17, 15) is 9.90 Å². The molecule has 0 bridgehead atoms. The maximum Gasteiger partial charge on any atom is 0.176 e. The van der Waals surface area contributed by atoms with Gasteiger partial charge in [0.15, 0.2) is 5.78 Å². The van der Waals surface area contributed by atoms with E-state index in [1.54, 1.807) is 42.8 Å². The van der Waals surface area contributed by atoms with E-state index in [1.807, 2.05) is 6.92 Å². The summed E-state index contributed by atoms with van der Waals surface area (Å²) in [5.74, 6) is 2.15. The van der Waals surface area contributed by atoms with Gasteiger partial charge in [-0.1, -0.05) is 6.58 Å². The lowest BCUT2D eigenvalue weighted by atomic mass is 10.0. The molecule has 3 atom stereocenters. The third-order valence-electron chi connectivity index (χ3n) is 5.19. The van der Waals surface area contributed by atoms with Crippen LogP contribution in [0.5, 0.6) is 5.75 Å². The van der Waals surface area contributed by atoms with Crippen LogP contribution in [0.2, 0.25) is 0 Å². The summed E-state index contributed by atoms with van der Waals surface area (Å²) in [6.07, 6.45) is 7.34. The zero-order chi connectivity index (χ0) is 18.5. The number of carbonyl (C=O) groups is 1. The average molecular weight is 354 g/mol. The second kappa shape index (κ2) is 8.32. The van der Waals surface area contributed by atoms with E-state index in [1.165, 1.54) is 0 Å². The molecule has 1 aromatic rings. The van der Waals surface area contributed by atoms with Crippen LogP contribution >= 0.6 is 0 Å². The highest BCUT2D eigenvalue weighted by Gasteiger charge is 2.42. The number of hydrogen-bond acceptors (Lipinski definition) is 5. The molecule has 0 amide bonds. The van der Waals surface area contributed by atoms with Gasteiger partial charge in [0.25, 0.3) is 0 Å². The van der Waals surface area contributed by atoms with E-state index >= 15 is 0 Å². The van der Waals surface area contributed by atoms with E-state index in [4.69, 9.17) is 4.74 Å². The fourth-order valence-electron chi connectivity index (χ4n) is 3.98. The Morgan fingerprint density at radius 1 is 1.31 bits per heavy atom. The van der Waals surface area contributed by atoms with Gasteiger partial charge in [-0.2, -0.15) is 0 Å². The minimum Gasteiger partial charge on any atom is -0.508 e. The van der Waals surface area contributed by atoms with Crippen LogP contribution in [0.1, 0.15) is 30.1 Å². The van der Waals surface area contributed by atoms with Crippen molar-refractivity contribution < 1.29 is 14.6 Å². The first-order valence-electron chi connectivity index (χ1n) is 9.10. The number of benzene rings is 1. The molecular formula is C21H26N2O3. The lowest BCUT2D eigenvalue weighted by molar-refractivity contribution is 0.0924. The smallest absolute Gasteiger partial charge is 0.176 e. The Labute approximate surface area is 154 Å². The van der Waals surface area contributed by atoms with E-state index in [0.29, 0.717) is 29.7 Å². The Morgan fingerprint density at radius 3 is 2.54 bits per heavy atom. The second-order valence-corrected chi connectivity index (χ2v) is 7.04. The number of aliphatic imine (C=N–C) groups is 1. The van der Waals surface area contributed by atoms with Gasteiger partial charge in [-0.25, -0.2) is 0 Å². The fraction of sp³-hybridized carbons (Fsp3) is 0.429. The number of allylic oxidation sites excluding steroid dienone is 1. The van der Waals surface area contributed by atoms with Gasteiger partial charge >= 0.3 is 0 Å². The van der Waals surface area contributed by atoms with Crippen molar-refractivity contribution in [2.45, 2.75) is 25.9 Å². The van der Waals surface area contributed by atoms with Crippen LogP contribution in [-0.2, 0) is 4.74 Å². The predicted octanol–water partition coefficient (Wildman–Crippen LogP) is 3.42. The van der Waals surface area contributed by atoms with E-state index in [2.05, 4.69) is 16.5 Å². The molecule has 1 saturated carbocycles. The normalized spacial score (nSPS) is 26.2. The van der Waals surface area contributed by atoms with Gasteiger partial charge in [0, 0.05) is 24.9 Å². The van der Waals surface area contributed by atoms with Crippen molar-refractivity contribution >= 4 is 12.0 Å². The number of nitrogens with zero attached hydrogens (tertiary/aromatic N) is 2. The van der Waals surface area contributed by atoms with Gasteiger partial charge in [0.05, 0.1) is 18.8 Å². The van der Waals surface area contributed by atoms with Gasteiger partial charge in [0.2, 0.25) is 0 Å².